The van der Waals surface area contributed by atoms with Gasteiger partial charge in [-0.3, -0.25) is 0 Å². The Balaban J connectivity index is 1.98. The van der Waals surface area contributed by atoms with Crippen molar-refractivity contribution in [1.29, 1.82) is 0 Å². The van der Waals surface area contributed by atoms with E-state index in [1.54, 1.807) is 23.1 Å². The zero-order valence-electron chi connectivity index (χ0n) is 11.0. The van der Waals surface area contributed by atoms with Crippen molar-refractivity contribution in [3.05, 3.63) is 71.8 Å². The van der Waals surface area contributed by atoms with Gasteiger partial charge in [0.25, 0.3) is 0 Å². The van der Waals surface area contributed by atoms with E-state index in [0.717, 1.165) is 5.02 Å². The van der Waals surface area contributed by atoms with Crippen LogP contribution in [0.2, 0.25) is 5.02 Å². The molecule has 0 bridgehead atoms. The standard InChI is InChI=1S/C18H11ClS2/c19-12-10-16(20-13-6-2-1-3-7-13)18-14-8-4-5-9-15(14)21-17(18)11-12/h1-11H. The number of thiophene rings is 1. The van der Waals surface area contributed by atoms with Crippen molar-refractivity contribution in [2.24, 2.45) is 0 Å². The molecule has 0 saturated carbocycles. The summed E-state index contributed by atoms with van der Waals surface area (Å²) in [6, 6.07) is 23.1. The van der Waals surface area contributed by atoms with Gasteiger partial charge in [0.2, 0.25) is 0 Å². The van der Waals surface area contributed by atoms with Crippen LogP contribution < -0.4 is 0 Å². The summed E-state index contributed by atoms with van der Waals surface area (Å²) in [6.45, 7) is 0. The van der Waals surface area contributed by atoms with Crippen molar-refractivity contribution in [2.75, 3.05) is 0 Å². The van der Waals surface area contributed by atoms with E-state index in [0.29, 0.717) is 0 Å². The van der Waals surface area contributed by atoms with Crippen LogP contribution in [0.25, 0.3) is 20.2 Å². The predicted octanol–water partition coefficient (Wildman–Crippen LogP) is 6.86. The Bertz CT molecular complexity index is 926. The molecular weight excluding hydrogens is 316 g/mol. The Kier molecular flexibility index (Phi) is 3.38. The molecule has 0 aliphatic carbocycles. The van der Waals surface area contributed by atoms with Crippen LogP contribution >= 0.6 is 34.7 Å². The third-order valence-corrected chi connectivity index (χ3v) is 5.76. The van der Waals surface area contributed by atoms with Crippen LogP contribution in [0.3, 0.4) is 0 Å². The molecule has 0 N–H and O–H groups in total. The largest absolute Gasteiger partial charge is 0.135 e. The molecule has 0 atom stereocenters. The monoisotopic (exact) mass is 326 g/mol. The van der Waals surface area contributed by atoms with Crippen molar-refractivity contribution in [3.63, 3.8) is 0 Å². The Labute approximate surface area is 136 Å². The van der Waals surface area contributed by atoms with E-state index in [1.807, 2.05) is 6.07 Å². The molecule has 0 aliphatic heterocycles. The van der Waals surface area contributed by atoms with Crippen molar-refractivity contribution >= 4 is 54.9 Å². The van der Waals surface area contributed by atoms with Crippen LogP contribution in [-0.4, -0.2) is 0 Å². The van der Waals surface area contributed by atoms with Gasteiger partial charge in [0.05, 0.1) is 0 Å². The number of rotatable bonds is 2. The molecule has 0 nitrogen and oxygen atoms in total. The molecule has 0 saturated heterocycles. The summed E-state index contributed by atoms with van der Waals surface area (Å²) in [5.41, 5.74) is 0. The summed E-state index contributed by atoms with van der Waals surface area (Å²) in [6.07, 6.45) is 0. The fraction of sp³-hybridized carbons (Fsp3) is 0. The first-order chi connectivity index (χ1) is 10.3. The maximum absolute atomic E-state index is 6.31. The highest BCUT2D eigenvalue weighted by atomic mass is 35.5. The van der Waals surface area contributed by atoms with Gasteiger partial charge in [-0.2, -0.15) is 0 Å². The smallest absolute Gasteiger partial charge is 0.0431 e. The van der Waals surface area contributed by atoms with Gasteiger partial charge in [-0.25, -0.2) is 0 Å². The molecule has 0 radical (unpaired) electrons. The van der Waals surface area contributed by atoms with Crippen molar-refractivity contribution in [1.82, 2.24) is 0 Å². The van der Waals surface area contributed by atoms with Gasteiger partial charge in [-0.05, 0) is 30.3 Å². The van der Waals surface area contributed by atoms with Crippen LogP contribution in [0.5, 0.6) is 0 Å². The molecule has 3 heteroatoms. The molecule has 4 aromatic rings. The van der Waals surface area contributed by atoms with Gasteiger partial charge in [-0.1, -0.05) is 59.8 Å². The topological polar surface area (TPSA) is 0 Å². The number of hydrogen-bond acceptors (Lipinski definition) is 2. The summed E-state index contributed by atoms with van der Waals surface area (Å²) in [5.74, 6) is 0. The average molecular weight is 327 g/mol. The van der Waals surface area contributed by atoms with Crippen LogP contribution in [0, 0.1) is 0 Å². The van der Waals surface area contributed by atoms with E-state index in [9.17, 15) is 0 Å². The summed E-state index contributed by atoms with van der Waals surface area (Å²) < 4.78 is 2.56. The first-order valence-corrected chi connectivity index (χ1v) is 8.66. The molecule has 0 fully saturated rings. The van der Waals surface area contributed by atoms with Crippen LogP contribution in [0.1, 0.15) is 0 Å². The minimum Gasteiger partial charge on any atom is -0.135 e. The number of fused-ring (bicyclic) bond motifs is 3. The maximum Gasteiger partial charge on any atom is 0.0431 e. The first kappa shape index (κ1) is 13.2. The zero-order valence-corrected chi connectivity index (χ0v) is 13.4. The second-order valence-electron chi connectivity index (χ2n) is 4.79. The van der Waals surface area contributed by atoms with E-state index in [-0.39, 0.29) is 0 Å². The van der Waals surface area contributed by atoms with E-state index >= 15 is 0 Å². The zero-order chi connectivity index (χ0) is 14.2. The first-order valence-electron chi connectivity index (χ1n) is 6.65. The lowest BCUT2D eigenvalue weighted by atomic mass is 10.1. The van der Waals surface area contributed by atoms with Gasteiger partial charge >= 0.3 is 0 Å². The van der Waals surface area contributed by atoms with Crippen LogP contribution in [0.4, 0.5) is 0 Å². The SMILES string of the molecule is Clc1cc(Sc2ccccc2)c2c(c1)sc1ccccc12. The van der Waals surface area contributed by atoms with Gasteiger partial charge < -0.3 is 0 Å². The number of halogens is 1. The normalized spacial score (nSPS) is 11.3. The average Bonchev–Trinajstić information content (AvgIpc) is 2.86. The summed E-state index contributed by atoms with van der Waals surface area (Å²) in [7, 11) is 0. The van der Waals surface area contributed by atoms with Gasteiger partial charge in [0, 0.05) is 35.0 Å². The molecule has 0 spiro atoms. The molecule has 102 valence electrons. The molecule has 0 amide bonds. The highest BCUT2D eigenvalue weighted by molar-refractivity contribution is 7.99. The third kappa shape index (κ3) is 2.44. The van der Waals surface area contributed by atoms with Crippen LogP contribution in [0.15, 0.2) is 76.5 Å². The fourth-order valence-electron chi connectivity index (χ4n) is 2.48. The summed E-state index contributed by atoms with van der Waals surface area (Å²) >= 11 is 9.89. The lowest BCUT2D eigenvalue weighted by Gasteiger charge is -2.05. The number of hydrogen-bond donors (Lipinski definition) is 0. The van der Waals surface area contributed by atoms with E-state index in [1.165, 1.54) is 30.0 Å². The lowest BCUT2D eigenvalue weighted by molar-refractivity contribution is 1.44. The Morgan fingerprint density at radius 3 is 2.43 bits per heavy atom. The molecule has 1 aromatic heterocycles. The molecule has 3 aromatic carbocycles. The quantitative estimate of drug-likeness (QED) is 0.387. The predicted molar refractivity (Wildman–Crippen MR) is 94.9 cm³/mol. The van der Waals surface area contributed by atoms with Crippen molar-refractivity contribution in [3.8, 4) is 0 Å². The highest BCUT2D eigenvalue weighted by Crippen LogP contribution is 2.43. The minimum atomic E-state index is 0.799. The summed E-state index contributed by atoms with van der Waals surface area (Å²) in [4.78, 5) is 2.46. The lowest BCUT2D eigenvalue weighted by Crippen LogP contribution is -1.77. The maximum atomic E-state index is 6.31. The molecule has 21 heavy (non-hydrogen) atoms. The van der Waals surface area contributed by atoms with Gasteiger partial charge in [0.15, 0.2) is 0 Å². The summed E-state index contributed by atoms with van der Waals surface area (Å²) in [5, 5.41) is 3.42. The third-order valence-electron chi connectivity index (χ3n) is 3.38. The Hall–Kier alpha value is -1.48. The molecular formula is C18H11ClS2. The second kappa shape index (κ2) is 5.38. The highest BCUT2D eigenvalue weighted by Gasteiger charge is 2.11. The molecule has 0 aliphatic rings. The van der Waals surface area contributed by atoms with Crippen molar-refractivity contribution < 1.29 is 0 Å². The number of benzene rings is 3. The van der Waals surface area contributed by atoms with E-state index < -0.39 is 0 Å². The molecule has 1 heterocycles. The minimum absolute atomic E-state index is 0.799. The van der Waals surface area contributed by atoms with Crippen LogP contribution in [-0.2, 0) is 0 Å². The second-order valence-corrected chi connectivity index (χ2v) is 7.43. The van der Waals surface area contributed by atoms with E-state index in [2.05, 4.69) is 60.7 Å². The molecule has 0 unspecified atom stereocenters. The Morgan fingerprint density at radius 2 is 1.57 bits per heavy atom. The van der Waals surface area contributed by atoms with Crippen molar-refractivity contribution in [2.45, 2.75) is 9.79 Å². The van der Waals surface area contributed by atoms with Gasteiger partial charge in [-0.15, -0.1) is 11.3 Å². The fourth-order valence-corrected chi connectivity index (χ4v) is 5.12. The van der Waals surface area contributed by atoms with Gasteiger partial charge in [0.1, 0.15) is 0 Å². The Morgan fingerprint density at radius 1 is 0.810 bits per heavy atom. The van der Waals surface area contributed by atoms with E-state index in [4.69, 9.17) is 11.6 Å². The molecule has 4 rings (SSSR count).